The molecule has 0 aromatic heterocycles. The molecule has 1 aliphatic rings. The molecule has 0 aliphatic heterocycles. The maximum atomic E-state index is 13.5. The van der Waals surface area contributed by atoms with E-state index in [1.807, 2.05) is 0 Å². The van der Waals surface area contributed by atoms with Crippen molar-refractivity contribution < 1.29 is 13.6 Å². The fourth-order valence-electron chi connectivity index (χ4n) is 2.73. The van der Waals surface area contributed by atoms with Crippen LogP contribution >= 0.6 is 11.6 Å². The van der Waals surface area contributed by atoms with E-state index in [4.69, 9.17) is 11.6 Å². The third-order valence-corrected chi connectivity index (χ3v) is 4.58. The van der Waals surface area contributed by atoms with Gasteiger partial charge >= 0.3 is 0 Å². The minimum Gasteiger partial charge on any atom is -0.351 e. The first-order chi connectivity index (χ1) is 9.58. The number of rotatable bonds is 4. The Balaban J connectivity index is 2.04. The van der Waals surface area contributed by atoms with E-state index in [0.717, 1.165) is 37.8 Å². The van der Waals surface area contributed by atoms with Crippen LogP contribution in [0.15, 0.2) is 18.2 Å². The van der Waals surface area contributed by atoms with Crippen LogP contribution in [0.5, 0.6) is 0 Å². The Morgan fingerprint density at radius 2 is 1.80 bits per heavy atom. The highest BCUT2D eigenvalue weighted by atomic mass is 35.5. The van der Waals surface area contributed by atoms with Crippen LogP contribution in [0.2, 0.25) is 0 Å². The van der Waals surface area contributed by atoms with Crippen LogP contribution in [0, 0.1) is 17.0 Å². The van der Waals surface area contributed by atoms with Crippen molar-refractivity contribution >= 4 is 17.5 Å². The number of nitrogens with one attached hydrogen (secondary N) is 1. The van der Waals surface area contributed by atoms with E-state index in [1.54, 1.807) is 0 Å². The molecule has 110 valence electrons. The molecule has 1 saturated carbocycles. The van der Waals surface area contributed by atoms with Gasteiger partial charge in [-0.1, -0.05) is 25.3 Å². The van der Waals surface area contributed by atoms with E-state index < -0.39 is 23.1 Å². The van der Waals surface area contributed by atoms with E-state index >= 15 is 0 Å². The molecule has 5 heteroatoms. The van der Waals surface area contributed by atoms with Gasteiger partial charge in [-0.25, -0.2) is 8.78 Å². The quantitative estimate of drug-likeness (QED) is 0.840. The maximum Gasteiger partial charge on any atom is 0.257 e. The lowest BCUT2D eigenvalue weighted by molar-refractivity contribution is 0.0912. The van der Waals surface area contributed by atoms with Crippen LogP contribution in [-0.2, 0) is 0 Å². The summed E-state index contributed by atoms with van der Waals surface area (Å²) in [4.78, 5) is 12.0. The SMILES string of the molecule is O=C(NCC1(CCl)CCCCC1)c1c(F)cccc1F. The van der Waals surface area contributed by atoms with Gasteiger partial charge in [-0.3, -0.25) is 4.79 Å². The summed E-state index contributed by atoms with van der Waals surface area (Å²) in [5.41, 5.74) is -0.662. The highest BCUT2D eigenvalue weighted by molar-refractivity contribution is 6.18. The van der Waals surface area contributed by atoms with E-state index in [0.29, 0.717) is 12.4 Å². The van der Waals surface area contributed by atoms with Gasteiger partial charge in [-0.05, 0) is 25.0 Å². The van der Waals surface area contributed by atoms with Crippen molar-refractivity contribution in [3.8, 4) is 0 Å². The van der Waals surface area contributed by atoms with Crippen molar-refractivity contribution in [2.75, 3.05) is 12.4 Å². The third-order valence-electron chi connectivity index (χ3n) is 4.01. The number of hydrogen-bond acceptors (Lipinski definition) is 1. The molecular weight excluding hydrogens is 284 g/mol. The van der Waals surface area contributed by atoms with Crippen LogP contribution in [0.1, 0.15) is 42.5 Å². The molecule has 1 aromatic rings. The lowest BCUT2D eigenvalue weighted by atomic mass is 9.75. The lowest BCUT2D eigenvalue weighted by Crippen LogP contribution is -2.40. The Kier molecular flexibility index (Phi) is 4.97. The summed E-state index contributed by atoms with van der Waals surface area (Å²) < 4.78 is 27.0. The van der Waals surface area contributed by atoms with Gasteiger partial charge in [-0.15, -0.1) is 11.6 Å². The zero-order valence-corrected chi connectivity index (χ0v) is 12.0. The molecule has 2 rings (SSSR count). The number of benzene rings is 1. The van der Waals surface area contributed by atoms with E-state index in [-0.39, 0.29) is 5.41 Å². The smallest absolute Gasteiger partial charge is 0.257 e. The topological polar surface area (TPSA) is 29.1 Å². The number of carbonyl (C=O) groups excluding carboxylic acids is 1. The number of halogens is 3. The molecule has 1 fully saturated rings. The molecule has 1 aliphatic carbocycles. The first-order valence-corrected chi connectivity index (χ1v) is 7.40. The first kappa shape index (κ1) is 15.2. The van der Waals surface area contributed by atoms with Gasteiger partial charge in [0.1, 0.15) is 17.2 Å². The summed E-state index contributed by atoms with van der Waals surface area (Å²) in [5, 5.41) is 2.64. The molecule has 0 heterocycles. The van der Waals surface area contributed by atoms with Gasteiger partial charge in [0.05, 0.1) is 0 Å². The van der Waals surface area contributed by atoms with Crippen molar-refractivity contribution in [1.82, 2.24) is 5.32 Å². The van der Waals surface area contributed by atoms with E-state index in [9.17, 15) is 13.6 Å². The van der Waals surface area contributed by atoms with Gasteiger partial charge in [0.25, 0.3) is 5.91 Å². The molecule has 1 N–H and O–H groups in total. The number of carbonyl (C=O) groups is 1. The Morgan fingerprint density at radius 3 is 2.35 bits per heavy atom. The Morgan fingerprint density at radius 1 is 1.20 bits per heavy atom. The summed E-state index contributed by atoms with van der Waals surface area (Å²) in [6.45, 7) is 0.364. The van der Waals surface area contributed by atoms with E-state index in [1.165, 1.54) is 12.5 Å². The van der Waals surface area contributed by atoms with Gasteiger partial charge in [-0.2, -0.15) is 0 Å². The molecule has 0 radical (unpaired) electrons. The second-order valence-corrected chi connectivity index (χ2v) is 5.74. The second-order valence-electron chi connectivity index (χ2n) is 5.47. The molecule has 2 nitrogen and oxygen atoms in total. The van der Waals surface area contributed by atoms with Crippen molar-refractivity contribution in [3.63, 3.8) is 0 Å². The highest BCUT2D eigenvalue weighted by Crippen LogP contribution is 2.36. The molecule has 20 heavy (non-hydrogen) atoms. The van der Waals surface area contributed by atoms with Crippen LogP contribution < -0.4 is 5.32 Å². The molecular formula is C15H18ClF2NO. The van der Waals surface area contributed by atoms with E-state index in [2.05, 4.69) is 5.32 Å². The number of alkyl halides is 1. The van der Waals surface area contributed by atoms with Gasteiger partial charge in [0.15, 0.2) is 0 Å². The average Bonchev–Trinajstić information content (AvgIpc) is 2.46. The Labute approximate surface area is 122 Å². The zero-order chi connectivity index (χ0) is 14.6. The average molecular weight is 302 g/mol. The highest BCUT2D eigenvalue weighted by Gasteiger charge is 2.32. The standard InChI is InChI=1S/C15H18ClF2NO/c16-9-15(7-2-1-3-8-15)10-19-14(20)13-11(17)5-4-6-12(13)18/h4-6H,1-3,7-10H2,(H,19,20). The Hall–Kier alpha value is -1.16. The minimum absolute atomic E-state index is 0.142. The fraction of sp³-hybridized carbons (Fsp3) is 0.533. The van der Waals surface area contributed by atoms with Crippen LogP contribution in [0.3, 0.4) is 0 Å². The molecule has 0 bridgehead atoms. The monoisotopic (exact) mass is 301 g/mol. The van der Waals surface area contributed by atoms with Gasteiger partial charge in [0.2, 0.25) is 0 Å². The first-order valence-electron chi connectivity index (χ1n) is 6.86. The van der Waals surface area contributed by atoms with Gasteiger partial charge < -0.3 is 5.32 Å². The van der Waals surface area contributed by atoms with Crippen LogP contribution in [0.25, 0.3) is 0 Å². The largest absolute Gasteiger partial charge is 0.351 e. The summed E-state index contributed by atoms with van der Waals surface area (Å²) >= 11 is 6.03. The summed E-state index contributed by atoms with van der Waals surface area (Å²) in [6.07, 6.45) is 5.22. The lowest BCUT2D eigenvalue weighted by Gasteiger charge is -2.35. The molecule has 1 aromatic carbocycles. The Bertz CT molecular complexity index is 467. The predicted molar refractivity (Wildman–Crippen MR) is 74.9 cm³/mol. The molecule has 0 spiro atoms. The van der Waals surface area contributed by atoms with Crippen LogP contribution in [-0.4, -0.2) is 18.3 Å². The van der Waals surface area contributed by atoms with Crippen molar-refractivity contribution in [2.45, 2.75) is 32.1 Å². The fourth-order valence-corrected chi connectivity index (χ4v) is 3.09. The maximum absolute atomic E-state index is 13.5. The summed E-state index contributed by atoms with van der Waals surface area (Å²) in [5.74, 6) is -1.94. The predicted octanol–water partition coefficient (Wildman–Crippen LogP) is 3.88. The third kappa shape index (κ3) is 3.29. The number of hydrogen-bond donors (Lipinski definition) is 1. The normalized spacial score (nSPS) is 17.8. The number of amides is 1. The van der Waals surface area contributed by atoms with Crippen molar-refractivity contribution in [1.29, 1.82) is 0 Å². The molecule has 0 atom stereocenters. The van der Waals surface area contributed by atoms with Crippen LogP contribution in [0.4, 0.5) is 8.78 Å². The molecule has 0 unspecified atom stereocenters. The summed E-state index contributed by atoms with van der Waals surface area (Å²) in [7, 11) is 0. The van der Waals surface area contributed by atoms with Gasteiger partial charge in [0, 0.05) is 17.8 Å². The molecule has 1 amide bonds. The molecule has 0 saturated heterocycles. The second kappa shape index (κ2) is 6.53. The van der Waals surface area contributed by atoms with Crippen molar-refractivity contribution in [3.05, 3.63) is 35.4 Å². The van der Waals surface area contributed by atoms with Crippen molar-refractivity contribution in [2.24, 2.45) is 5.41 Å². The zero-order valence-electron chi connectivity index (χ0n) is 11.2. The summed E-state index contributed by atoms with van der Waals surface area (Å²) in [6, 6.07) is 3.40. The minimum atomic E-state index is -0.842.